The number of rotatable bonds is 6. The number of halogens is 2. The Kier molecular flexibility index (Phi) is 5.48. The Hall–Kier alpha value is -1.92. The van der Waals surface area contributed by atoms with E-state index in [4.69, 9.17) is 0 Å². The van der Waals surface area contributed by atoms with Gasteiger partial charge in [-0.15, -0.1) is 16.8 Å². The second-order valence-electron chi connectivity index (χ2n) is 5.10. The Morgan fingerprint density at radius 3 is 2.75 bits per heavy atom. The van der Waals surface area contributed by atoms with Crippen LogP contribution in [0.15, 0.2) is 70.8 Å². The predicted molar refractivity (Wildman–Crippen MR) is 99.3 cm³/mol. The van der Waals surface area contributed by atoms with Gasteiger partial charge in [-0.2, -0.15) is 0 Å². The lowest BCUT2D eigenvalue weighted by Gasteiger charge is -2.08. The summed E-state index contributed by atoms with van der Waals surface area (Å²) in [7, 11) is 0. The van der Waals surface area contributed by atoms with Crippen molar-refractivity contribution in [3.63, 3.8) is 0 Å². The first-order chi connectivity index (χ1) is 11.7. The quantitative estimate of drug-likeness (QED) is 0.411. The van der Waals surface area contributed by atoms with Gasteiger partial charge in [-0.3, -0.25) is 4.57 Å². The van der Waals surface area contributed by atoms with Gasteiger partial charge in [-0.1, -0.05) is 64.1 Å². The zero-order valence-corrected chi connectivity index (χ0v) is 15.2. The zero-order chi connectivity index (χ0) is 16.9. The number of allylic oxidation sites excluding steroid dienone is 1. The van der Waals surface area contributed by atoms with Gasteiger partial charge in [-0.05, 0) is 23.8 Å². The molecule has 0 fully saturated rings. The Morgan fingerprint density at radius 1 is 1.17 bits per heavy atom. The van der Waals surface area contributed by atoms with Gasteiger partial charge in [0.2, 0.25) is 0 Å². The van der Waals surface area contributed by atoms with E-state index in [9.17, 15) is 4.39 Å². The second kappa shape index (κ2) is 7.77. The molecule has 0 N–H and O–H groups in total. The molecule has 0 aliphatic carbocycles. The third-order valence-corrected chi connectivity index (χ3v) is 4.93. The van der Waals surface area contributed by atoms with Crippen LogP contribution >= 0.6 is 27.7 Å². The summed E-state index contributed by atoms with van der Waals surface area (Å²) in [5, 5.41) is 9.33. The molecule has 3 aromatic rings. The Morgan fingerprint density at radius 2 is 2.00 bits per heavy atom. The summed E-state index contributed by atoms with van der Waals surface area (Å²) in [6, 6.07) is 14.7. The summed E-state index contributed by atoms with van der Waals surface area (Å²) in [6.45, 7) is 4.40. The molecular weight excluding hydrogens is 389 g/mol. The van der Waals surface area contributed by atoms with Gasteiger partial charge in [0.15, 0.2) is 11.0 Å². The number of nitrogens with zero attached hydrogens (tertiary/aromatic N) is 3. The van der Waals surface area contributed by atoms with Gasteiger partial charge in [0.1, 0.15) is 5.82 Å². The lowest BCUT2D eigenvalue weighted by atomic mass is 10.2. The number of thioether (sulfide) groups is 1. The van der Waals surface area contributed by atoms with Crippen LogP contribution in [-0.2, 0) is 12.3 Å². The van der Waals surface area contributed by atoms with E-state index >= 15 is 0 Å². The summed E-state index contributed by atoms with van der Waals surface area (Å²) in [6.07, 6.45) is 1.80. The van der Waals surface area contributed by atoms with Gasteiger partial charge < -0.3 is 0 Å². The van der Waals surface area contributed by atoms with E-state index in [1.807, 2.05) is 34.9 Å². The van der Waals surface area contributed by atoms with Crippen LogP contribution in [0.3, 0.4) is 0 Å². The molecule has 3 nitrogen and oxygen atoms in total. The molecule has 0 saturated heterocycles. The van der Waals surface area contributed by atoms with E-state index in [1.165, 1.54) is 17.8 Å². The summed E-state index contributed by atoms with van der Waals surface area (Å²) in [4.78, 5) is 0. The van der Waals surface area contributed by atoms with Crippen molar-refractivity contribution in [2.75, 3.05) is 0 Å². The van der Waals surface area contributed by atoms with E-state index in [0.717, 1.165) is 21.0 Å². The van der Waals surface area contributed by atoms with Crippen LogP contribution in [0.25, 0.3) is 11.4 Å². The summed E-state index contributed by atoms with van der Waals surface area (Å²) in [5.74, 6) is 1.07. The fraction of sp³-hybridized carbons (Fsp3) is 0.111. The molecular formula is C18H15BrFN3S. The highest BCUT2D eigenvalue weighted by molar-refractivity contribution is 9.10. The van der Waals surface area contributed by atoms with Gasteiger partial charge in [0.05, 0.1) is 0 Å². The second-order valence-corrected chi connectivity index (χ2v) is 6.95. The Labute approximate surface area is 152 Å². The first kappa shape index (κ1) is 16.9. The van der Waals surface area contributed by atoms with E-state index in [-0.39, 0.29) is 5.82 Å². The van der Waals surface area contributed by atoms with Crippen molar-refractivity contribution in [3.05, 3.63) is 77.0 Å². The summed E-state index contributed by atoms with van der Waals surface area (Å²) < 4.78 is 16.7. The molecule has 3 rings (SSSR count). The van der Waals surface area contributed by atoms with Gasteiger partial charge in [0.25, 0.3) is 0 Å². The number of aromatic nitrogens is 3. The van der Waals surface area contributed by atoms with Crippen LogP contribution in [0.5, 0.6) is 0 Å². The summed E-state index contributed by atoms with van der Waals surface area (Å²) in [5.41, 5.74) is 1.62. The maximum atomic E-state index is 13.8. The van der Waals surface area contributed by atoms with Crippen LogP contribution in [0, 0.1) is 5.82 Å². The highest BCUT2D eigenvalue weighted by Gasteiger charge is 2.14. The fourth-order valence-corrected chi connectivity index (χ4v) is 3.62. The SMILES string of the molecule is C=CCn1c(SCc2ccccc2F)nnc1-c1cccc(Br)c1. The van der Waals surface area contributed by atoms with E-state index < -0.39 is 0 Å². The van der Waals surface area contributed by atoms with Crippen LogP contribution in [0.2, 0.25) is 0 Å². The first-order valence-corrected chi connectivity index (χ1v) is 9.13. The Bertz CT molecular complexity index is 863. The standard InChI is InChI=1S/C18H15BrFN3S/c1-2-10-23-17(13-7-5-8-15(19)11-13)21-22-18(23)24-12-14-6-3-4-9-16(14)20/h2-9,11H,1,10,12H2. The average Bonchev–Trinajstić information content (AvgIpc) is 2.97. The molecule has 24 heavy (non-hydrogen) atoms. The molecule has 0 amide bonds. The van der Waals surface area contributed by atoms with Gasteiger partial charge in [-0.25, -0.2) is 4.39 Å². The molecule has 0 radical (unpaired) electrons. The predicted octanol–water partition coefficient (Wildman–Crippen LogP) is 5.33. The monoisotopic (exact) mass is 403 g/mol. The van der Waals surface area contributed by atoms with Crippen molar-refractivity contribution in [1.29, 1.82) is 0 Å². The topological polar surface area (TPSA) is 30.7 Å². The maximum absolute atomic E-state index is 13.8. The number of benzene rings is 2. The zero-order valence-electron chi connectivity index (χ0n) is 12.8. The average molecular weight is 404 g/mol. The van der Waals surface area contributed by atoms with Crippen molar-refractivity contribution in [2.45, 2.75) is 17.5 Å². The molecule has 122 valence electrons. The van der Waals surface area contributed by atoms with Crippen LogP contribution in [0.1, 0.15) is 5.56 Å². The molecule has 6 heteroatoms. The van der Waals surface area contributed by atoms with E-state index in [0.29, 0.717) is 17.9 Å². The van der Waals surface area contributed by atoms with Crippen molar-refractivity contribution < 1.29 is 4.39 Å². The summed E-state index contributed by atoms with van der Waals surface area (Å²) >= 11 is 4.94. The molecule has 2 aromatic carbocycles. The fourth-order valence-electron chi connectivity index (χ4n) is 2.29. The minimum absolute atomic E-state index is 0.202. The van der Waals surface area contributed by atoms with Gasteiger partial charge >= 0.3 is 0 Å². The minimum atomic E-state index is -0.202. The van der Waals surface area contributed by atoms with Crippen molar-refractivity contribution >= 4 is 27.7 Å². The number of hydrogen-bond donors (Lipinski definition) is 0. The van der Waals surface area contributed by atoms with Crippen LogP contribution in [-0.4, -0.2) is 14.8 Å². The molecule has 0 bridgehead atoms. The lowest BCUT2D eigenvalue weighted by Crippen LogP contribution is -2.01. The molecule has 1 aromatic heterocycles. The molecule has 1 heterocycles. The third kappa shape index (κ3) is 3.76. The third-order valence-electron chi connectivity index (χ3n) is 3.43. The molecule has 0 aliphatic rings. The van der Waals surface area contributed by atoms with E-state index in [2.05, 4.69) is 32.7 Å². The van der Waals surface area contributed by atoms with Crippen molar-refractivity contribution in [3.8, 4) is 11.4 Å². The Balaban J connectivity index is 1.89. The molecule has 0 spiro atoms. The molecule has 0 atom stereocenters. The van der Waals surface area contributed by atoms with Crippen molar-refractivity contribution in [2.24, 2.45) is 0 Å². The highest BCUT2D eigenvalue weighted by Crippen LogP contribution is 2.28. The molecule has 0 saturated carbocycles. The molecule has 0 aliphatic heterocycles. The van der Waals surface area contributed by atoms with Crippen molar-refractivity contribution in [1.82, 2.24) is 14.8 Å². The van der Waals surface area contributed by atoms with Crippen LogP contribution < -0.4 is 0 Å². The maximum Gasteiger partial charge on any atom is 0.192 e. The largest absolute Gasteiger partial charge is 0.298 e. The highest BCUT2D eigenvalue weighted by atomic mass is 79.9. The molecule has 0 unspecified atom stereocenters. The number of hydrogen-bond acceptors (Lipinski definition) is 3. The first-order valence-electron chi connectivity index (χ1n) is 7.35. The van der Waals surface area contributed by atoms with E-state index in [1.54, 1.807) is 18.2 Å². The normalized spacial score (nSPS) is 10.8. The van der Waals surface area contributed by atoms with Gasteiger partial charge in [0, 0.05) is 22.3 Å². The lowest BCUT2D eigenvalue weighted by molar-refractivity contribution is 0.617. The minimum Gasteiger partial charge on any atom is -0.298 e. The smallest absolute Gasteiger partial charge is 0.192 e. The van der Waals surface area contributed by atoms with Crippen LogP contribution in [0.4, 0.5) is 4.39 Å².